The van der Waals surface area contributed by atoms with Gasteiger partial charge in [-0.1, -0.05) is 13.3 Å². The standard InChI is InChI=1S/C15H26N2O3/c1-5-6-7-19-10-12-8-15(9-12,11-16)17-13(18)20-14(2,3)4/h12H,5-10H2,1-4H3,(H,17,18). The smallest absolute Gasteiger partial charge is 0.408 e. The lowest BCUT2D eigenvalue weighted by atomic mass is 9.69. The van der Waals surface area contributed by atoms with Gasteiger partial charge >= 0.3 is 6.09 Å². The summed E-state index contributed by atoms with van der Waals surface area (Å²) in [6.07, 6.45) is 2.92. The molecule has 0 aromatic heterocycles. The minimum Gasteiger partial charge on any atom is -0.444 e. The molecular weight excluding hydrogens is 256 g/mol. The van der Waals surface area contributed by atoms with Crippen molar-refractivity contribution in [3.63, 3.8) is 0 Å². The zero-order chi connectivity index (χ0) is 15.2. The first-order chi connectivity index (χ1) is 9.30. The molecule has 0 bridgehead atoms. The molecule has 0 aromatic carbocycles. The predicted octanol–water partition coefficient (Wildman–Crippen LogP) is 3.00. The van der Waals surface area contributed by atoms with E-state index < -0.39 is 17.2 Å². The van der Waals surface area contributed by atoms with E-state index in [0.29, 0.717) is 25.4 Å². The molecule has 5 heteroatoms. The van der Waals surface area contributed by atoms with Gasteiger partial charge in [0.25, 0.3) is 0 Å². The normalized spacial score (nSPS) is 25.4. The van der Waals surface area contributed by atoms with E-state index in [1.165, 1.54) is 0 Å². The van der Waals surface area contributed by atoms with Gasteiger partial charge in [-0.3, -0.25) is 0 Å². The van der Waals surface area contributed by atoms with Crippen molar-refractivity contribution in [2.75, 3.05) is 13.2 Å². The van der Waals surface area contributed by atoms with Gasteiger partial charge in [-0.15, -0.1) is 0 Å². The molecule has 1 N–H and O–H groups in total. The van der Waals surface area contributed by atoms with Gasteiger partial charge in [0.15, 0.2) is 0 Å². The number of amides is 1. The maximum absolute atomic E-state index is 11.7. The summed E-state index contributed by atoms with van der Waals surface area (Å²) < 4.78 is 10.7. The van der Waals surface area contributed by atoms with Crippen molar-refractivity contribution < 1.29 is 14.3 Å². The Labute approximate surface area is 121 Å². The maximum Gasteiger partial charge on any atom is 0.408 e. The van der Waals surface area contributed by atoms with Gasteiger partial charge in [0.05, 0.1) is 6.07 Å². The molecule has 1 aliphatic rings. The third-order valence-corrected chi connectivity index (χ3v) is 3.22. The number of alkyl carbamates (subject to hydrolysis) is 1. The highest BCUT2D eigenvalue weighted by atomic mass is 16.6. The van der Waals surface area contributed by atoms with Crippen molar-refractivity contribution in [1.82, 2.24) is 5.32 Å². The fraction of sp³-hybridized carbons (Fsp3) is 0.867. The number of carbonyl (C=O) groups is 1. The maximum atomic E-state index is 11.7. The van der Waals surface area contributed by atoms with Crippen LogP contribution in [0.4, 0.5) is 4.79 Å². The van der Waals surface area contributed by atoms with Crippen LogP contribution in [0.5, 0.6) is 0 Å². The van der Waals surface area contributed by atoms with Gasteiger partial charge in [-0.2, -0.15) is 5.26 Å². The fourth-order valence-corrected chi connectivity index (χ4v) is 2.26. The van der Waals surface area contributed by atoms with Crippen LogP contribution in [0.1, 0.15) is 53.4 Å². The number of hydrogen-bond acceptors (Lipinski definition) is 4. The van der Waals surface area contributed by atoms with E-state index in [0.717, 1.165) is 19.4 Å². The summed E-state index contributed by atoms with van der Waals surface area (Å²) in [4.78, 5) is 11.7. The highest BCUT2D eigenvalue weighted by Crippen LogP contribution is 2.37. The van der Waals surface area contributed by atoms with Gasteiger partial charge in [-0.05, 0) is 46.0 Å². The van der Waals surface area contributed by atoms with E-state index >= 15 is 0 Å². The molecule has 20 heavy (non-hydrogen) atoms. The third-order valence-electron chi connectivity index (χ3n) is 3.22. The van der Waals surface area contributed by atoms with Crippen LogP contribution < -0.4 is 5.32 Å². The van der Waals surface area contributed by atoms with Crippen molar-refractivity contribution in [1.29, 1.82) is 5.26 Å². The van der Waals surface area contributed by atoms with Crippen LogP contribution in [-0.2, 0) is 9.47 Å². The second kappa shape index (κ2) is 6.94. The van der Waals surface area contributed by atoms with E-state index in [1.807, 2.05) is 0 Å². The molecule has 1 aliphatic carbocycles. The molecule has 5 nitrogen and oxygen atoms in total. The lowest BCUT2D eigenvalue weighted by Crippen LogP contribution is -2.58. The largest absolute Gasteiger partial charge is 0.444 e. The minimum atomic E-state index is -0.777. The molecule has 1 fully saturated rings. The molecule has 0 spiro atoms. The zero-order valence-corrected chi connectivity index (χ0v) is 13.0. The van der Waals surface area contributed by atoms with E-state index in [2.05, 4.69) is 18.3 Å². The van der Waals surface area contributed by atoms with Gasteiger partial charge in [0.2, 0.25) is 0 Å². The third kappa shape index (κ3) is 5.38. The first-order valence-corrected chi connectivity index (χ1v) is 7.30. The van der Waals surface area contributed by atoms with Crippen molar-refractivity contribution in [3.8, 4) is 6.07 Å². The Hall–Kier alpha value is -1.28. The highest BCUT2D eigenvalue weighted by molar-refractivity contribution is 5.69. The Morgan fingerprint density at radius 1 is 1.45 bits per heavy atom. The molecule has 1 amide bonds. The lowest BCUT2D eigenvalue weighted by molar-refractivity contribution is 0.0168. The fourth-order valence-electron chi connectivity index (χ4n) is 2.26. The Kier molecular flexibility index (Phi) is 5.82. The van der Waals surface area contributed by atoms with Crippen LogP contribution in [0.25, 0.3) is 0 Å². The molecule has 0 heterocycles. The second-order valence-corrected chi connectivity index (χ2v) is 6.52. The van der Waals surface area contributed by atoms with Crippen LogP contribution in [0.15, 0.2) is 0 Å². The molecular formula is C15H26N2O3. The average molecular weight is 282 g/mol. The van der Waals surface area contributed by atoms with Crippen LogP contribution in [0.3, 0.4) is 0 Å². The molecule has 0 aliphatic heterocycles. The van der Waals surface area contributed by atoms with Crippen LogP contribution in [0.2, 0.25) is 0 Å². The second-order valence-electron chi connectivity index (χ2n) is 6.52. The summed E-state index contributed by atoms with van der Waals surface area (Å²) >= 11 is 0. The highest BCUT2D eigenvalue weighted by Gasteiger charge is 2.46. The van der Waals surface area contributed by atoms with E-state index in [4.69, 9.17) is 9.47 Å². The molecule has 0 aromatic rings. The lowest BCUT2D eigenvalue weighted by Gasteiger charge is -2.42. The first-order valence-electron chi connectivity index (χ1n) is 7.30. The van der Waals surface area contributed by atoms with E-state index in [9.17, 15) is 10.1 Å². The van der Waals surface area contributed by atoms with Crippen molar-refractivity contribution >= 4 is 6.09 Å². The Morgan fingerprint density at radius 2 is 2.10 bits per heavy atom. The molecule has 1 saturated carbocycles. The Balaban J connectivity index is 2.31. The Bertz CT molecular complexity index is 362. The predicted molar refractivity (Wildman–Crippen MR) is 76.2 cm³/mol. The number of carbonyl (C=O) groups excluding carboxylic acids is 1. The molecule has 0 atom stereocenters. The van der Waals surface area contributed by atoms with Gasteiger partial charge in [-0.25, -0.2) is 4.79 Å². The van der Waals surface area contributed by atoms with E-state index in [-0.39, 0.29) is 0 Å². The van der Waals surface area contributed by atoms with Crippen LogP contribution in [-0.4, -0.2) is 30.4 Å². The van der Waals surface area contributed by atoms with Crippen LogP contribution >= 0.6 is 0 Å². The average Bonchev–Trinajstić information content (AvgIpc) is 2.28. The summed E-state index contributed by atoms with van der Waals surface area (Å²) in [6, 6.07) is 2.20. The summed E-state index contributed by atoms with van der Waals surface area (Å²) in [6.45, 7) is 8.97. The molecule has 114 valence electrons. The molecule has 0 radical (unpaired) electrons. The number of rotatable bonds is 6. The monoisotopic (exact) mass is 282 g/mol. The van der Waals surface area contributed by atoms with Crippen molar-refractivity contribution in [2.24, 2.45) is 5.92 Å². The quantitative estimate of drug-likeness (QED) is 0.760. The summed E-state index contributed by atoms with van der Waals surface area (Å²) in [5, 5.41) is 11.9. The number of nitriles is 1. The number of nitrogens with one attached hydrogen (secondary N) is 1. The molecule has 1 rings (SSSR count). The SMILES string of the molecule is CCCCOCC1CC(C#N)(NC(=O)OC(C)(C)C)C1. The van der Waals surface area contributed by atoms with Crippen molar-refractivity contribution in [2.45, 2.75) is 64.5 Å². The van der Waals surface area contributed by atoms with Gasteiger partial charge < -0.3 is 14.8 Å². The zero-order valence-electron chi connectivity index (χ0n) is 13.0. The number of unbranched alkanes of at least 4 members (excludes halogenated alkanes) is 1. The summed E-state index contributed by atoms with van der Waals surface area (Å²) in [5.74, 6) is 0.349. The first kappa shape index (κ1) is 16.8. The van der Waals surface area contributed by atoms with Crippen molar-refractivity contribution in [3.05, 3.63) is 0 Å². The number of hydrogen-bond donors (Lipinski definition) is 1. The summed E-state index contributed by atoms with van der Waals surface area (Å²) in [7, 11) is 0. The van der Waals surface area contributed by atoms with Crippen LogP contribution in [0, 0.1) is 17.2 Å². The molecule has 0 saturated heterocycles. The van der Waals surface area contributed by atoms with Gasteiger partial charge in [0, 0.05) is 13.2 Å². The van der Waals surface area contributed by atoms with E-state index in [1.54, 1.807) is 20.8 Å². The minimum absolute atomic E-state index is 0.349. The number of nitrogens with zero attached hydrogens (tertiary/aromatic N) is 1. The molecule has 0 unspecified atom stereocenters. The number of ether oxygens (including phenoxy) is 2. The summed E-state index contributed by atoms with van der Waals surface area (Å²) in [5.41, 5.74) is -1.33. The Morgan fingerprint density at radius 3 is 2.60 bits per heavy atom. The van der Waals surface area contributed by atoms with Gasteiger partial charge in [0.1, 0.15) is 11.1 Å². The topological polar surface area (TPSA) is 71.3 Å².